The first-order valence-corrected chi connectivity index (χ1v) is 5.20. The van der Waals surface area contributed by atoms with Crippen LogP contribution >= 0.6 is 0 Å². The number of aliphatic hydroxyl groups is 1. The van der Waals surface area contributed by atoms with Crippen molar-refractivity contribution >= 4 is 16.7 Å². The van der Waals surface area contributed by atoms with Gasteiger partial charge in [-0.05, 0) is 16.8 Å². The van der Waals surface area contributed by atoms with Gasteiger partial charge in [-0.2, -0.15) is 0 Å². The van der Waals surface area contributed by atoms with E-state index in [1.807, 2.05) is 12.1 Å². The summed E-state index contributed by atoms with van der Waals surface area (Å²) in [7, 11) is 0. The normalized spacial score (nSPS) is 12.5. The predicted molar refractivity (Wildman–Crippen MR) is 62.8 cm³/mol. The van der Waals surface area contributed by atoms with Crippen LogP contribution in [-0.2, 0) is 4.79 Å². The van der Waals surface area contributed by atoms with E-state index in [9.17, 15) is 15.0 Å². The highest BCUT2D eigenvalue weighted by molar-refractivity contribution is 5.88. The first-order chi connectivity index (χ1) is 8.09. The van der Waals surface area contributed by atoms with Gasteiger partial charge in [0, 0.05) is 5.56 Å². The summed E-state index contributed by atoms with van der Waals surface area (Å²) < 4.78 is 0. The van der Waals surface area contributed by atoms with Crippen molar-refractivity contribution in [3.8, 4) is 5.75 Å². The molecule has 88 valence electrons. The highest BCUT2D eigenvalue weighted by atomic mass is 16.4. The number of aromatic hydroxyl groups is 1. The van der Waals surface area contributed by atoms with Crippen molar-refractivity contribution in [1.29, 1.82) is 0 Å². The minimum atomic E-state index is -1.21. The summed E-state index contributed by atoms with van der Waals surface area (Å²) in [4.78, 5) is 10.6. The molecule has 2 rings (SSSR count). The van der Waals surface area contributed by atoms with Gasteiger partial charge in [-0.1, -0.05) is 30.3 Å². The Balaban J connectivity index is 2.58. The summed E-state index contributed by atoms with van der Waals surface area (Å²) in [5, 5.41) is 29.8. The van der Waals surface area contributed by atoms with Gasteiger partial charge in [0.25, 0.3) is 0 Å². The van der Waals surface area contributed by atoms with Crippen LogP contribution in [0.1, 0.15) is 18.1 Å². The Hall–Kier alpha value is -2.07. The number of phenolic OH excluding ortho intramolecular Hbond substituents is 1. The number of rotatable bonds is 3. The van der Waals surface area contributed by atoms with Gasteiger partial charge in [0.15, 0.2) is 0 Å². The molecule has 2 aromatic carbocycles. The molecule has 17 heavy (non-hydrogen) atoms. The molecule has 0 aliphatic heterocycles. The third-order valence-electron chi connectivity index (χ3n) is 2.65. The van der Waals surface area contributed by atoms with Crippen LogP contribution in [0.3, 0.4) is 0 Å². The monoisotopic (exact) mass is 232 g/mol. The zero-order valence-electron chi connectivity index (χ0n) is 9.00. The third-order valence-corrected chi connectivity index (χ3v) is 2.65. The standard InChI is InChI=1S/C13H12O4/c14-10-6-5-8-3-1-2-4-9(8)13(10)11(15)7-12(16)17/h1-6,11,14-15H,7H2,(H,16,17). The van der Waals surface area contributed by atoms with E-state index in [2.05, 4.69) is 0 Å². The lowest BCUT2D eigenvalue weighted by atomic mass is 9.97. The smallest absolute Gasteiger partial charge is 0.306 e. The van der Waals surface area contributed by atoms with E-state index in [4.69, 9.17) is 5.11 Å². The third kappa shape index (κ3) is 2.21. The number of hydrogen-bond donors (Lipinski definition) is 3. The summed E-state index contributed by atoms with van der Waals surface area (Å²) in [6.45, 7) is 0. The zero-order valence-corrected chi connectivity index (χ0v) is 9.00. The van der Waals surface area contributed by atoms with Crippen molar-refractivity contribution in [2.75, 3.05) is 0 Å². The zero-order chi connectivity index (χ0) is 12.4. The molecule has 0 saturated carbocycles. The van der Waals surface area contributed by atoms with Crippen molar-refractivity contribution < 1.29 is 20.1 Å². The van der Waals surface area contributed by atoms with Gasteiger partial charge in [-0.3, -0.25) is 4.79 Å². The molecule has 0 amide bonds. The highest BCUT2D eigenvalue weighted by Crippen LogP contribution is 2.33. The van der Waals surface area contributed by atoms with Crippen molar-refractivity contribution in [1.82, 2.24) is 0 Å². The van der Waals surface area contributed by atoms with Gasteiger partial charge < -0.3 is 15.3 Å². The van der Waals surface area contributed by atoms with Gasteiger partial charge in [0.1, 0.15) is 5.75 Å². The molecule has 1 unspecified atom stereocenters. The Morgan fingerprint density at radius 1 is 1.18 bits per heavy atom. The second-order valence-corrected chi connectivity index (χ2v) is 3.83. The molecule has 0 bridgehead atoms. The lowest BCUT2D eigenvalue weighted by Gasteiger charge is -2.13. The molecule has 0 aliphatic rings. The van der Waals surface area contributed by atoms with Crippen LogP contribution in [-0.4, -0.2) is 21.3 Å². The van der Waals surface area contributed by atoms with Crippen LogP contribution in [0.2, 0.25) is 0 Å². The molecule has 4 nitrogen and oxygen atoms in total. The fraction of sp³-hybridized carbons (Fsp3) is 0.154. The topological polar surface area (TPSA) is 77.8 Å². The molecule has 0 spiro atoms. The van der Waals surface area contributed by atoms with Gasteiger partial charge >= 0.3 is 5.97 Å². The number of benzene rings is 2. The number of phenols is 1. The Morgan fingerprint density at radius 3 is 2.59 bits per heavy atom. The number of carboxylic acid groups (broad SMARTS) is 1. The van der Waals surface area contributed by atoms with Crippen LogP contribution in [0.25, 0.3) is 10.8 Å². The summed E-state index contributed by atoms with van der Waals surface area (Å²) in [5.41, 5.74) is 0.269. The Morgan fingerprint density at radius 2 is 1.88 bits per heavy atom. The largest absolute Gasteiger partial charge is 0.508 e. The van der Waals surface area contributed by atoms with Crippen LogP contribution in [0.4, 0.5) is 0 Å². The van der Waals surface area contributed by atoms with Crippen molar-refractivity contribution in [2.45, 2.75) is 12.5 Å². The van der Waals surface area contributed by atoms with E-state index >= 15 is 0 Å². The van der Waals surface area contributed by atoms with E-state index in [1.165, 1.54) is 6.07 Å². The molecule has 0 heterocycles. The number of aliphatic carboxylic acids is 1. The minimum Gasteiger partial charge on any atom is -0.508 e. The fourth-order valence-corrected chi connectivity index (χ4v) is 1.90. The van der Waals surface area contributed by atoms with E-state index in [-0.39, 0.29) is 11.3 Å². The Kier molecular flexibility index (Phi) is 2.97. The summed E-state index contributed by atoms with van der Waals surface area (Å²) in [5.74, 6) is -1.19. The highest BCUT2D eigenvalue weighted by Gasteiger charge is 2.18. The summed E-state index contributed by atoms with van der Waals surface area (Å²) in [6.07, 6.45) is -1.64. The van der Waals surface area contributed by atoms with Gasteiger partial charge in [0.2, 0.25) is 0 Å². The van der Waals surface area contributed by atoms with E-state index in [0.29, 0.717) is 5.39 Å². The second kappa shape index (κ2) is 4.43. The molecule has 2 aromatic rings. The Labute approximate surface area is 97.8 Å². The lowest BCUT2D eigenvalue weighted by molar-refractivity contribution is -0.139. The van der Waals surface area contributed by atoms with Crippen molar-refractivity contribution in [2.24, 2.45) is 0 Å². The number of hydrogen-bond acceptors (Lipinski definition) is 3. The van der Waals surface area contributed by atoms with Crippen molar-refractivity contribution in [3.63, 3.8) is 0 Å². The molecule has 0 radical (unpaired) electrons. The molecule has 0 saturated heterocycles. The average molecular weight is 232 g/mol. The number of carboxylic acids is 1. The molecule has 0 aromatic heterocycles. The quantitative estimate of drug-likeness (QED) is 0.756. The van der Waals surface area contributed by atoms with Crippen LogP contribution < -0.4 is 0 Å². The fourth-order valence-electron chi connectivity index (χ4n) is 1.90. The number of carbonyl (C=O) groups is 1. The van der Waals surface area contributed by atoms with E-state index in [1.54, 1.807) is 18.2 Å². The predicted octanol–water partition coefficient (Wildman–Crippen LogP) is 2.05. The summed E-state index contributed by atoms with van der Waals surface area (Å²) >= 11 is 0. The molecular formula is C13H12O4. The van der Waals surface area contributed by atoms with Gasteiger partial charge in [-0.15, -0.1) is 0 Å². The van der Waals surface area contributed by atoms with E-state index in [0.717, 1.165) is 5.39 Å². The maximum absolute atomic E-state index is 10.6. The molecule has 1 atom stereocenters. The maximum Gasteiger partial charge on any atom is 0.306 e. The van der Waals surface area contributed by atoms with Gasteiger partial charge in [-0.25, -0.2) is 0 Å². The molecule has 3 N–H and O–H groups in total. The molecule has 0 aliphatic carbocycles. The summed E-state index contributed by atoms with van der Waals surface area (Å²) in [6, 6.07) is 10.4. The van der Waals surface area contributed by atoms with E-state index < -0.39 is 18.5 Å². The first-order valence-electron chi connectivity index (χ1n) is 5.20. The second-order valence-electron chi connectivity index (χ2n) is 3.83. The molecule has 4 heteroatoms. The first kappa shape index (κ1) is 11.4. The van der Waals surface area contributed by atoms with Crippen LogP contribution in [0.5, 0.6) is 5.75 Å². The molecular weight excluding hydrogens is 220 g/mol. The number of fused-ring (bicyclic) bond motifs is 1. The van der Waals surface area contributed by atoms with Crippen LogP contribution in [0.15, 0.2) is 36.4 Å². The minimum absolute atomic E-state index is 0.0857. The average Bonchev–Trinajstić information content (AvgIpc) is 2.27. The molecule has 0 fully saturated rings. The van der Waals surface area contributed by atoms with Gasteiger partial charge in [0.05, 0.1) is 12.5 Å². The van der Waals surface area contributed by atoms with Crippen molar-refractivity contribution in [3.05, 3.63) is 42.0 Å². The lowest BCUT2D eigenvalue weighted by Crippen LogP contribution is -2.06. The SMILES string of the molecule is O=C(O)CC(O)c1c(O)ccc2ccccc12. The number of aliphatic hydroxyl groups excluding tert-OH is 1. The van der Waals surface area contributed by atoms with Crippen LogP contribution in [0, 0.1) is 0 Å². The Bertz CT molecular complexity index is 562. The maximum atomic E-state index is 10.6.